The van der Waals surface area contributed by atoms with Crippen molar-refractivity contribution in [3.05, 3.63) is 33.8 Å². The zero-order valence-electron chi connectivity index (χ0n) is 6.72. The summed E-state index contributed by atoms with van der Waals surface area (Å²) in [6.07, 6.45) is -0.999. The van der Waals surface area contributed by atoms with Crippen molar-refractivity contribution < 1.29 is 9.50 Å². The van der Waals surface area contributed by atoms with Gasteiger partial charge in [0, 0.05) is 4.47 Å². The third-order valence-electron chi connectivity index (χ3n) is 1.60. The minimum absolute atomic E-state index is 0.615. The standard InChI is InChI=1S/C9H10BrFO/c1-6-2-7(9(12)5-11)4-8(10)3-6/h2-4,9,12H,5H2,1H3. The Kier molecular flexibility index (Phi) is 3.23. The molecule has 1 nitrogen and oxygen atoms in total. The minimum atomic E-state index is -0.999. The number of hydrogen-bond donors (Lipinski definition) is 1. The monoisotopic (exact) mass is 232 g/mol. The Balaban J connectivity index is 3.00. The molecule has 0 aliphatic heterocycles. The quantitative estimate of drug-likeness (QED) is 0.832. The first kappa shape index (κ1) is 9.68. The second-order valence-corrected chi connectivity index (χ2v) is 3.65. The van der Waals surface area contributed by atoms with Gasteiger partial charge in [-0.25, -0.2) is 4.39 Å². The second kappa shape index (κ2) is 4.01. The smallest absolute Gasteiger partial charge is 0.119 e. The van der Waals surface area contributed by atoms with E-state index in [-0.39, 0.29) is 0 Å². The molecule has 0 bridgehead atoms. The molecule has 1 atom stereocenters. The molecule has 66 valence electrons. The maximum Gasteiger partial charge on any atom is 0.119 e. The first-order chi connectivity index (χ1) is 5.63. The molecule has 1 aromatic rings. The van der Waals surface area contributed by atoms with Crippen LogP contribution in [0.5, 0.6) is 0 Å². The molecule has 1 aromatic carbocycles. The molecule has 0 radical (unpaired) electrons. The van der Waals surface area contributed by atoms with Crippen LogP contribution in [-0.4, -0.2) is 11.8 Å². The van der Waals surface area contributed by atoms with Crippen molar-refractivity contribution in [1.82, 2.24) is 0 Å². The highest BCUT2D eigenvalue weighted by Gasteiger charge is 2.07. The van der Waals surface area contributed by atoms with E-state index in [1.54, 1.807) is 12.1 Å². The second-order valence-electron chi connectivity index (χ2n) is 2.73. The molecule has 3 heteroatoms. The van der Waals surface area contributed by atoms with Gasteiger partial charge < -0.3 is 5.11 Å². The van der Waals surface area contributed by atoms with Crippen molar-refractivity contribution in [2.45, 2.75) is 13.0 Å². The molecule has 1 N–H and O–H groups in total. The summed E-state index contributed by atoms with van der Waals surface area (Å²) >= 11 is 3.28. The summed E-state index contributed by atoms with van der Waals surface area (Å²) in [6.45, 7) is 1.16. The SMILES string of the molecule is Cc1cc(Br)cc(C(O)CF)c1. The zero-order valence-corrected chi connectivity index (χ0v) is 8.31. The Labute approximate surface area is 79.4 Å². The normalized spacial score (nSPS) is 13.0. The summed E-state index contributed by atoms with van der Waals surface area (Å²) in [5.41, 5.74) is 1.62. The third kappa shape index (κ3) is 2.29. The third-order valence-corrected chi connectivity index (χ3v) is 2.05. The van der Waals surface area contributed by atoms with Crippen molar-refractivity contribution in [2.24, 2.45) is 0 Å². The average Bonchev–Trinajstić information content (AvgIpc) is 2.01. The van der Waals surface area contributed by atoms with E-state index in [9.17, 15) is 9.50 Å². The summed E-state index contributed by atoms with van der Waals surface area (Å²) in [4.78, 5) is 0. The first-order valence-electron chi connectivity index (χ1n) is 3.64. The molecule has 0 aromatic heterocycles. The van der Waals surface area contributed by atoms with E-state index in [2.05, 4.69) is 15.9 Å². The van der Waals surface area contributed by atoms with Gasteiger partial charge in [0.1, 0.15) is 12.8 Å². The molecular formula is C9H10BrFO. The predicted molar refractivity (Wildman–Crippen MR) is 49.8 cm³/mol. The van der Waals surface area contributed by atoms with E-state index in [0.717, 1.165) is 10.0 Å². The van der Waals surface area contributed by atoms with Crippen LogP contribution < -0.4 is 0 Å². The summed E-state index contributed by atoms with van der Waals surface area (Å²) in [6, 6.07) is 5.40. The van der Waals surface area contributed by atoms with Crippen molar-refractivity contribution >= 4 is 15.9 Å². The van der Waals surface area contributed by atoms with E-state index < -0.39 is 12.8 Å². The Morgan fingerprint density at radius 3 is 2.67 bits per heavy atom. The lowest BCUT2D eigenvalue weighted by Crippen LogP contribution is -1.99. The number of benzene rings is 1. The van der Waals surface area contributed by atoms with E-state index in [4.69, 9.17) is 0 Å². The molecule has 0 saturated heterocycles. The highest BCUT2D eigenvalue weighted by molar-refractivity contribution is 9.10. The molecule has 0 saturated carbocycles. The van der Waals surface area contributed by atoms with Gasteiger partial charge in [-0.3, -0.25) is 0 Å². The highest BCUT2D eigenvalue weighted by Crippen LogP contribution is 2.20. The van der Waals surface area contributed by atoms with E-state index in [0.29, 0.717) is 5.56 Å². The molecule has 0 aliphatic rings. The number of alkyl halides is 1. The van der Waals surface area contributed by atoms with Crippen molar-refractivity contribution in [3.8, 4) is 0 Å². The molecule has 0 aliphatic carbocycles. The van der Waals surface area contributed by atoms with Gasteiger partial charge >= 0.3 is 0 Å². The van der Waals surface area contributed by atoms with Gasteiger partial charge in [-0.1, -0.05) is 22.0 Å². The van der Waals surface area contributed by atoms with Crippen LogP contribution in [0.2, 0.25) is 0 Å². The van der Waals surface area contributed by atoms with Crippen molar-refractivity contribution in [2.75, 3.05) is 6.67 Å². The number of aliphatic hydroxyl groups excluding tert-OH is 1. The molecule has 0 fully saturated rings. The van der Waals surface area contributed by atoms with Crippen LogP contribution in [-0.2, 0) is 0 Å². The zero-order chi connectivity index (χ0) is 9.14. The molecule has 0 heterocycles. The molecule has 1 rings (SSSR count). The van der Waals surface area contributed by atoms with Crippen molar-refractivity contribution in [1.29, 1.82) is 0 Å². The predicted octanol–water partition coefficient (Wildman–Crippen LogP) is 2.76. The molecule has 12 heavy (non-hydrogen) atoms. The largest absolute Gasteiger partial charge is 0.386 e. The molecule has 1 unspecified atom stereocenters. The number of rotatable bonds is 2. The fourth-order valence-corrected chi connectivity index (χ4v) is 1.67. The number of hydrogen-bond acceptors (Lipinski definition) is 1. The van der Waals surface area contributed by atoms with Crippen molar-refractivity contribution in [3.63, 3.8) is 0 Å². The van der Waals surface area contributed by atoms with Crippen LogP contribution in [0, 0.1) is 6.92 Å². The van der Waals surface area contributed by atoms with Crippen LogP contribution in [0.1, 0.15) is 17.2 Å². The van der Waals surface area contributed by atoms with Crippen LogP contribution in [0.15, 0.2) is 22.7 Å². The average molecular weight is 233 g/mol. The lowest BCUT2D eigenvalue weighted by Gasteiger charge is -2.07. The van der Waals surface area contributed by atoms with Crippen LogP contribution >= 0.6 is 15.9 Å². The van der Waals surface area contributed by atoms with Gasteiger partial charge in [-0.15, -0.1) is 0 Å². The summed E-state index contributed by atoms with van der Waals surface area (Å²) in [5, 5.41) is 9.18. The Bertz CT molecular complexity index is 255. The minimum Gasteiger partial charge on any atom is -0.386 e. The van der Waals surface area contributed by atoms with Gasteiger partial charge in [-0.2, -0.15) is 0 Å². The van der Waals surface area contributed by atoms with E-state index >= 15 is 0 Å². The molecular weight excluding hydrogens is 223 g/mol. The van der Waals surface area contributed by atoms with Gasteiger partial charge in [0.15, 0.2) is 0 Å². The summed E-state index contributed by atoms with van der Waals surface area (Å²) in [7, 11) is 0. The summed E-state index contributed by atoms with van der Waals surface area (Å²) in [5.74, 6) is 0. The highest BCUT2D eigenvalue weighted by atomic mass is 79.9. The fourth-order valence-electron chi connectivity index (χ4n) is 1.05. The van der Waals surface area contributed by atoms with E-state index in [1.165, 1.54) is 0 Å². The number of halogens is 2. The van der Waals surface area contributed by atoms with Gasteiger partial charge in [0.2, 0.25) is 0 Å². The van der Waals surface area contributed by atoms with E-state index in [1.807, 2.05) is 13.0 Å². The van der Waals surface area contributed by atoms with Gasteiger partial charge in [0.25, 0.3) is 0 Å². The van der Waals surface area contributed by atoms with Crippen LogP contribution in [0.3, 0.4) is 0 Å². The lowest BCUT2D eigenvalue weighted by atomic mass is 10.1. The lowest BCUT2D eigenvalue weighted by molar-refractivity contribution is 0.141. The maximum absolute atomic E-state index is 12.1. The molecule has 0 spiro atoms. The Morgan fingerprint density at radius 1 is 1.50 bits per heavy atom. The Hall–Kier alpha value is -0.410. The molecule has 0 amide bonds. The van der Waals surface area contributed by atoms with Gasteiger partial charge in [0.05, 0.1) is 0 Å². The first-order valence-corrected chi connectivity index (χ1v) is 4.44. The summed E-state index contributed by atoms with van der Waals surface area (Å²) < 4.78 is 12.9. The van der Waals surface area contributed by atoms with Crippen LogP contribution in [0.25, 0.3) is 0 Å². The maximum atomic E-state index is 12.1. The number of aryl methyl sites for hydroxylation is 1. The fraction of sp³-hybridized carbons (Fsp3) is 0.333. The Morgan fingerprint density at radius 2 is 2.17 bits per heavy atom. The number of aliphatic hydroxyl groups is 1. The topological polar surface area (TPSA) is 20.2 Å². The van der Waals surface area contributed by atoms with Gasteiger partial charge in [-0.05, 0) is 30.2 Å². The van der Waals surface area contributed by atoms with Crippen LogP contribution in [0.4, 0.5) is 4.39 Å².